The van der Waals surface area contributed by atoms with Crippen LogP contribution in [0.15, 0.2) is 54.6 Å². The van der Waals surface area contributed by atoms with E-state index in [1.807, 2.05) is 61.5 Å². The summed E-state index contributed by atoms with van der Waals surface area (Å²) in [6.07, 6.45) is 0.362. The molecule has 4 heteroatoms. The molecule has 1 atom stereocenters. The van der Waals surface area contributed by atoms with E-state index in [1.165, 1.54) is 0 Å². The normalized spacial score (nSPS) is 11.5. The molecule has 0 aliphatic heterocycles. The fourth-order valence-electron chi connectivity index (χ4n) is 1.88. The van der Waals surface area contributed by atoms with E-state index in [4.69, 9.17) is 9.47 Å². The molecule has 2 aromatic carbocycles. The van der Waals surface area contributed by atoms with E-state index in [0.717, 1.165) is 12.2 Å². The third-order valence-electron chi connectivity index (χ3n) is 3.00. The van der Waals surface area contributed by atoms with Gasteiger partial charge in [0.15, 0.2) is 6.10 Å². The number of nitrogens with one attached hydrogen (secondary N) is 1. The number of hydrogen-bond acceptors (Lipinski definition) is 3. The van der Waals surface area contributed by atoms with E-state index in [9.17, 15) is 4.79 Å². The van der Waals surface area contributed by atoms with Crippen LogP contribution < -0.4 is 14.8 Å². The predicted octanol–water partition coefficient (Wildman–Crippen LogP) is 3.88. The summed E-state index contributed by atoms with van der Waals surface area (Å²) in [5.74, 6) is 1.22. The van der Waals surface area contributed by atoms with E-state index >= 15 is 0 Å². The van der Waals surface area contributed by atoms with Gasteiger partial charge in [-0.1, -0.05) is 31.2 Å². The van der Waals surface area contributed by atoms with E-state index in [1.54, 1.807) is 6.92 Å². The van der Waals surface area contributed by atoms with Gasteiger partial charge in [0.05, 0.1) is 6.61 Å². The standard InChI is InChI=1S/C18H21NO3/c1-3-12-21-17-11-7-8-15(13-17)19-18(20)14(2)22-16-9-5-4-6-10-16/h4-11,13-14H,3,12H2,1-2H3,(H,19,20). The lowest BCUT2D eigenvalue weighted by Gasteiger charge is -2.15. The van der Waals surface area contributed by atoms with Crippen LogP contribution in [-0.2, 0) is 4.79 Å². The summed E-state index contributed by atoms with van der Waals surface area (Å²) >= 11 is 0. The second-order valence-corrected chi connectivity index (χ2v) is 4.94. The van der Waals surface area contributed by atoms with Crippen LogP contribution in [0.3, 0.4) is 0 Å². The Labute approximate surface area is 131 Å². The van der Waals surface area contributed by atoms with Gasteiger partial charge in [0.2, 0.25) is 0 Å². The molecule has 0 bridgehead atoms. The number of carbonyl (C=O) groups excluding carboxylic acids is 1. The number of amides is 1. The average molecular weight is 299 g/mol. The highest BCUT2D eigenvalue weighted by atomic mass is 16.5. The Morgan fingerprint density at radius 2 is 1.82 bits per heavy atom. The van der Waals surface area contributed by atoms with Crippen LogP contribution in [-0.4, -0.2) is 18.6 Å². The molecular weight excluding hydrogens is 278 g/mol. The SMILES string of the molecule is CCCOc1cccc(NC(=O)C(C)Oc2ccccc2)c1. The lowest BCUT2D eigenvalue weighted by Crippen LogP contribution is -2.30. The third-order valence-corrected chi connectivity index (χ3v) is 3.00. The fourth-order valence-corrected chi connectivity index (χ4v) is 1.88. The zero-order chi connectivity index (χ0) is 15.8. The number of anilines is 1. The predicted molar refractivity (Wildman–Crippen MR) is 87.4 cm³/mol. The van der Waals surface area contributed by atoms with Crippen molar-refractivity contribution < 1.29 is 14.3 Å². The Balaban J connectivity index is 1.93. The van der Waals surface area contributed by atoms with Gasteiger partial charge in [-0.2, -0.15) is 0 Å². The fraction of sp³-hybridized carbons (Fsp3) is 0.278. The summed E-state index contributed by atoms with van der Waals surface area (Å²) in [4.78, 5) is 12.2. The van der Waals surface area contributed by atoms with Crippen LogP contribution >= 0.6 is 0 Å². The van der Waals surface area contributed by atoms with Crippen molar-refractivity contribution in [1.29, 1.82) is 0 Å². The molecule has 2 aromatic rings. The Morgan fingerprint density at radius 3 is 2.55 bits per heavy atom. The molecule has 0 spiro atoms. The molecule has 4 nitrogen and oxygen atoms in total. The Hall–Kier alpha value is -2.49. The minimum atomic E-state index is -0.581. The maximum absolute atomic E-state index is 12.2. The first-order valence-corrected chi connectivity index (χ1v) is 7.44. The van der Waals surface area contributed by atoms with Crippen LogP contribution in [0.25, 0.3) is 0 Å². The molecule has 2 rings (SSSR count). The number of rotatable bonds is 7. The highest BCUT2D eigenvalue weighted by Gasteiger charge is 2.14. The van der Waals surface area contributed by atoms with E-state index in [2.05, 4.69) is 5.32 Å². The highest BCUT2D eigenvalue weighted by molar-refractivity contribution is 5.94. The van der Waals surface area contributed by atoms with Crippen molar-refractivity contribution >= 4 is 11.6 Å². The van der Waals surface area contributed by atoms with Gasteiger partial charge in [-0.25, -0.2) is 0 Å². The van der Waals surface area contributed by atoms with Crippen LogP contribution in [0, 0.1) is 0 Å². The molecule has 0 aliphatic rings. The van der Waals surface area contributed by atoms with Gasteiger partial charge in [-0.05, 0) is 37.6 Å². The van der Waals surface area contributed by atoms with Gasteiger partial charge in [0.25, 0.3) is 5.91 Å². The van der Waals surface area contributed by atoms with Crippen molar-refractivity contribution in [2.45, 2.75) is 26.4 Å². The summed E-state index contributed by atoms with van der Waals surface area (Å²) in [5, 5.41) is 2.83. The summed E-state index contributed by atoms with van der Waals surface area (Å²) in [6, 6.07) is 16.6. The van der Waals surface area contributed by atoms with Crippen LogP contribution in [0.5, 0.6) is 11.5 Å². The van der Waals surface area contributed by atoms with Gasteiger partial charge in [0.1, 0.15) is 11.5 Å². The second kappa shape index (κ2) is 8.08. The van der Waals surface area contributed by atoms with Crippen molar-refractivity contribution in [2.75, 3.05) is 11.9 Å². The smallest absolute Gasteiger partial charge is 0.265 e. The summed E-state index contributed by atoms with van der Waals surface area (Å²) in [5.41, 5.74) is 0.696. The number of benzene rings is 2. The molecule has 0 aromatic heterocycles. The number of carbonyl (C=O) groups is 1. The minimum Gasteiger partial charge on any atom is -0.494 e. The number of para-hydroxylation sites is 1. The Bertz CT molecular complexity index is 598. The van der Waals surface area contributed by atoms with Crippen molar-refractivity contribution in [3.63, 3.8) is 0 Å². The van der Waals surface area contributed by atoms with Gasteiger partial charge in [-0.15, -0.1) is 0 Å². The zero-order valence-electron chi connectivity index (χ0n) is 12.9. The van der Waals surface area contributed by atoms with Gasteiger partial charge < -0.3 is 14.8 Å². The quantitative estimate of drug-likeness (QED) is 0.844. The first-order valence-electron chi connectivity index (χ1n) is 7.44. The molecule has 0 aliphatic carbocycles. The lowest BCUT2D eigenvalue weighted by molar-refractivity contribution is -0.122. The Morgan fingerprint density at radius 1 is 1.09 bits per heavy atom. The maximum atomic E-state index is 12.2. The van der Waals surface area contributed by atoms with Gasteiger partial charge in [-0.3, -0.25) is 4.79 Å². The van der Waals surface area contributed by atoms with Crippen LogP contribution in [0.2, 0.25) is 0 Å². The molecule has 1 N–H and O–H groups in total. The van der Waals surface area contributed by atoms with Crippen LogP contribution in [0.1, 0.15) is 20.3 Å². The highest BCUT2D eigenvalue weighted by Crippen LogP contribution is 2.18. The number of hydrogen-bond donors (Lipinski definition) is 1. The Kier molecular flexibility index (Phi) is 5.83. The molecule has 116 valence electrons. The first-order chi connectivity index (χ1) is 10.7. The van der Waals surface area contributed by atoms with E-state index < -0.39 is 6.10 Å². The van der Waals surface area contributed by atoms with Crippen molar-refractivity contribution in [3.05, 3.63) is 54.6 Å². The van der Waals surface area contributed by atoms with Crippen molar-refractivity contribution in [3.8, 4) is 11.5 Å². The monoisotopic (exact) mass is 299 g/mol. The molecule has 1 unspecified atom stereocenters. The second-order valence-electron chi connectivity index (χ2n) is 4.94. The molecule has 0 heterocycles. The third kappa shape index (κ3) is 4.81. The number of ether oxygens (including phenoxy) is 2. The maximum Gasteiger partial charge on any atom is 0.265 e. The molecule has 0 saturated heterocycles. The molecule has 22 heavy (non-hydrogen) atoms. The molecule has 0 radical (unpaired) electrons. The largest absolute Gasteiger partial charge is 0.494 e. The van der Waals surface area contributed by atoms with Crippen LogP contribution in [0.4, 0.5) is 5.69 Å². The molecule has 0 saturated carbocycles. The van der Waals surface area contributed by atoms with E-state index in [-0.39, 0.29) is 5.91 Å². The van der Waals surface area contributed by atoms with Crippen molar-refractivity contribution in [2.24, 2.45) is 0 Å². The zero-order valence-corrected chi connectivity index (χ0v) is 12.9. The summed E-state index contributed by atoms with van der Waals surface area (Å²) < 4.78 is 11.2. The summed E-state index contributed by atoms with van der Waals surface area (Å²) in [7, 11) is 0. The van der Waals surface area contributed by atoms with Gasteiger partial charge >= 0.3 is 0 Å². The molecule has 0 fully saturated rings. The lowest BCUT2D eigenvalue weighted by atomic mass is 10.2. The summed E-state index contributed by atoms with van der Waals surface area (Å²) in [6.45, 7) is 4.43. The average Bonchev–Trinajstić information content (AvgIpc) is 2.54. The van der Waals surface area contributed by atoms with Crippen molar-refractivity contribution in [1.82, 2.24) is 0 Å². The minimum absolute atomic E-state index is 0.198. The van der Waals surface area contributed by atoms with Gasteiger partial charge in [0, 0.05) is 11.8 Å². The van der Waals surface area contributed by atoms with E-state index in [0.29, 0.717) is 18.0 Å². The molecule has 1 amide bonds. The first kappa shape index (κ1) is 15.9. The molecular formula is C18H21NO3. The topological polar surface area (TPSA) is 47.6 Å².